The fourth-order valence-electron chi connectivity index (χ4n) is 4.37. The fourth-order valence-corrected chi connectivity index (χ4v) is 4.37. The van der Waals surface area contributed by atoms with Crippen molar-refractivity contribution in [2.75, 3.05) is 6.54 Å². The van der Waals surface area contributed by atoms with Crippen LogP contribution in [-0.2, 0) is 11.3 Å². The summed E-state index contributed by atoms with van der Waals surface area (Å²) in [7, 11) is 0. The maximum atomic E-state index is 13.0. The number of amides is 2. The van der Waals surface area contributed by atoms with Gasteiger partial charge in [-0.25, -0.2) is 0 Å². The highest BCUT2D eigenvalue weighted by Crippen LogP contribution is 2.40. The molecule has 5 nitrogen and oxygen atoms in total. The van der Waals surface area contributed by atoms with Crippen LogP contribution in [-0.4, -0.2) is 30.4 Å². The average molecular weight is 470 g/mol. The predicted molar refractivity (Wildman–Crippen MR) is 140 cm³/mol. The third kappa shape index (κ3) is 7.52. The Morgan fingerprint density at radius 1 is 0.886 bits per heavy atom. The number of benzene rings is 3. The smallest absolute Gasteiger partial charge is 0.251 e. The number of hydrogen-bond donors (Lipinski definition) is 3. The second kappa shape index (κ2) is 12.3. The van der Waals surface area contributed by atoms with Gasteiger partial charge in [0.15, 0.2) is 0 Å². The molecule has 0 heterocycles. The van der Waals surface area contributed by atoms with Gasteiger partial charge in [-0.2, -0.15) is 0 Å². The Hall–Kier alpha value is -3.44. The molecule has 4 rings (SSSR count). The first kappa shape index (κ1) is 24.7. The van der Waals surface area contributed by atoms with E-state index in [1.807, 2.05) is 49.4 Å². The Morgan fingerprint density at radius 3 is 2.29 bits per heavy atom. The normalized spacial score (nSPS) is 17.4. The average Bonchev–Trinajstić information content (AvgIpc) is 3.67. The third-order valence-corrected chi connectivity index (χ3v) is 6.59. The van der Waals surface area contributed by atoms with E-state index in [0.29, 0.717) is 30.5 Å². The Labute approximate surface area is 208 Å². The molecule has 3 N–H and O–H groups in total. The summed E-state index contributed by atoms with van der Waals surface area (Å²) >= 11 is 0. The van der Waals surface area contributed by atoms with E-state index in [9.17, 15) is 9.59 Å². The molecule has 3 aromatic carbocycles. The minimum atomic E-state index is -0.564. The summed E-state index contributed by atoms with van der Waals surface area (Å²) in [5.74, 6) is 0.252. The molecule has 3 atom stereocenters. The van der Waals surface area contributed by atoms with Crippen LogP contribution in [0.25, 0.3) is 0 Å². The van der Waals surface area contributed by atoms with E-state index < -0.39 is 6.04 Å². The van der Waals surface area contributed by atoms with Crippen molar-refractivity contribution in [1.82, 2.24) is 16.0 Å². The molecule has 1 saturated carbocycles. The summed E-state index contributed by atoms with van der Waals surface area (Å²) in [6.45, 7) is 3.35. The lowest BCUT2D eigenvalue weighted by Crippen LogP contribution is -2.46. The Morgan fingerprint density at radius 2 is 1.57 bits per heavy atom. The first-order valence-electron chi connectivity index (χ1n) is 12.6. The molecule has 1 aliphatic rings. The minimum Gasteiger partial charge on any atom is -0.350 e. The van der Waals surface area contributed by atoms with Crippen LogP contribution in [0.1, 0.15) is 58.6 Å². The monoisotopic (exact) mass is 469 g/mol. The first-order valence-corrected chi connectivity index (χ1v) is 12.6. The van der Waals surface area contributed by atoms with Crippen LogP contribution in [0.5, 0.6) is 0 Å². The number of nitrogens with one attached hydrogen (secondary N) is 3. The Kier molecular flexibility index (Phi) is 8.68. The number of hydrogen-bond acceptors (Lipinski definition) is 3. The van der Waals surface area contributed by atoms with Gasteiger partial charge in [-0.3, -0.25) is 9.59 Å². The van der Waals surface area contributed by atoms with Crippen LogP contribution in [0.3, 0.4) is 0 Å². The van der Waals surface area contributed by atoms with Gasteiger partial charge < -0.3 is 16.0 Å². The minimum absolute atomic E-state index is 0.145. The molecule has 182 valence electrons. The molecule has 2 unspecified atom stereocenters. The molecule has 5 heteroatoms. The lowest BCUT2D eigenvalue weighted by atomic mass is 10.1. The Bertz CT molecular complexity index is 1080. The second-order valence-corrected chi connectivity index (χ2v) is 9.40. The summed E-state index contributed by atoms with van der Waals surface area (Å²) in [6, 6.07) is 27.8. The van der Waals surface area contributed by atoms with E-state index >= 15 is 0 Å². The van der Waals surface area contributed by atoms with Gasteiger partial charge in [-0.1, -0.05) is 78.4 Å². The summed E-state index contributed by atoms with van der Waals surface area (Å²) in [6.07, 6.45) is 3.60. The molecule has 0 radical (unpaired) electrons. The zero-order valence-corrected chi connectivity index (χ0v) is 20.4. The van der Waals surface area contributed by atoms with Crippen LogP contribution < -0.4 is 16.0 Å². The van der Waals surface area contributed by atoms with Gasteiger partial charge in [0.25, 0.3) is 5.91 Å². The van der Waals surface area contributed by atoms with Crippen molar-refractivity contribution < 1.29 is 9.59 Å². The lowest BCUT2D eigenvalue weighted by Gasteiger charge is -2.19. The number of carbonyl (C=O) groups is 2. The maximum Gasteiger partial charge on any atom is 0.251 e. The highest BCUT2D eigenvalue weighted by molar-refractivity contribution is 5.97. The quantitative estimate of drug-likeness (QED) is 0.336. The number of aryl methyl sites for hydroxylation is 1. The van der Waals surface area contributed by atoms with Crippen molar-refractivity contribution in [2.24, 2.45) is 0 Å². The molecule has 0 saturated heterocycles. The van der Waals surface area contributed by atoms with Crippen molar-refractivity contribution in [3.8, 4) is 0 Å². The van der Waals surface area contributed by atoms with Gasteiger partial charge in [-0.05, 0) is 62.4 Å². The molecule has 1 aliphatic carbocycles. The van der Waals surface area contributed by atoms with E-state index in [4.69, 9.17) is 0 Å². The summed E-state index contributed by atoms with van der Waals surface area (Å²) in [4.78, 5) is 25.8. The number of carbonyl (C=O) groups excluding carboxylic acids is 2. The molecule has 1 fully saturated rings. The van der Waals surface area contributed by atoms with Crippen molar-refractivity contribution in [1.29, 1.82) is 0 Å². The van der Waals surface area contributed by atoms with E-state index in [1.54, 1.807) is 12.1 Å². The van der Waals surface area contributed by atoms with Crippen LogP contribution in [0, 0.1) is 6.92 Å². The zero-order chi connectivity index (χ0) is 24.5. The van der Waals surface area contributed by atoms with E-state index in [0.717, 1.165) is 30.5 Å². The third-order valence-electron chi connectivity index (χ3n) is 6.59. The predicted octanol–water partition coefficient (Wildman–Crippen LogP) is 4.73. The van der Waals surface area contributed by atoms with Crippen LogP contribution in [0.2, 0.25) is 0 Å². The number of rotatable bonds is 12. The topological polar surface area (TPSA) is 70.2 Å². The zero-order valence-electron chi connectivity index (χ0n) is 20.4. The molecule has 0 aliphatic heterocycles. The van der Waals surface area contributed by atoms with Crippen LogP contribution in [0.15, 0.2) is 84.9 Å². The maximum absolute atomic E-state index is 13.0. The highest BCUT2D eigenvalue weighted by Gasteiger charge is 2.37. The van der Waals surface area contributed by atoms with E-state index in [1.165, 1.54) is 12.0 Å². The standard InChI is InChI=1S/C30H35N3O2/c1-22-15-17-25(18-16-22)29(34)33-27(30(35)32-21-23-10-4-2-5-11-23)14-8-9-19-31-28-20-26(28)24-12-6-3-7-13-24/h2-7,10-13,15-18,26-28,31H,8-9,14,19-21H2,1H3,(H,32,35)(H,33,34)/t26?,27-,28?/m0/s1. The second-order valence-electron chi connectivity index (χ2n) is 9.40. The highest BCUT2D eigenvalue weighted by atomic mass is 16.2. The molecule has 35 heavy (non-hydrogen) atoms. The van der Waals surface area contributed by atoms with Gasteiger partial charge in [0.2, 0.25) is 5.91 Å². The van der Waals surface area contributed by atoms with Crippen molar-refractivity contribution >= 4 is 11.8 Å². The molecule has 3 aromatic rings. The fraction of sp³-hybridized carbons (Fsp3) is 0.333. The van der Waals surface area contributed by atoms with Crippen molar-refractivity contribution in [3.63, 3.8) is 0 Å². The molecular formula is C30H35N3O2. The van der Waals surface area contributed by atoms with Crippen molar-refractivity contribution in [3.05, 3.63) is 107 Å². The molecule has 2 amide bonds. The van der Waals surface area contributed by atoms with Gasteiger partial charge in [0.1, 0.15) is 6.04 Å². The summed E-state index contributed by atoms with van der Waals surface area (Å²) in [5, 5.41) is 9.59. The summed E-state index contributed by atoms with van der Waals surface area (Å²) < 4.78 is 0. The summed E-state index contributed by atoms with van der Waals surface area (Å²) in [5.41, 5.74) is 4.10. The van der Waals surface area contributed by atoms with Gasteiger partial charge in [0, 0.05) is 24.1 Å². The van der Waals surface area contributed by atoms with E-state index in [2.05, 4.69) is 46.3 Å². The Balaban J connectivity index is 1.25. The lowest BCUT2D eigenvalue weighted by molar-refractivity contribution is -0.123. The molecule has 0 spiro atoms. The van der Waals surface area contributed by atoms with Crippen molar-refractivity contribution in [2.45, 2.75) is 57.2 Å². The van der Waals surface area contributed by atoms with Crippen LogP contribution in [0.4, 0.5) is 0 Å². The van der Waals surface area contributed by atoms with Gasteiger partial charge in [0.05, 0.1) is 0 Å². The SMILES string of the molecule is Cc1ccc(C(=O)N[C@@H](CCCCNC2CC2c2ccccc2)C(=O)NCc2ccccc2)cc1. The molecule has 0 aromatic heterocycles. The van der Waals surface area contributed by atoms with E-state index in [-0.39, 0.29) is 11.8 Å². The first-order chi connectivity index (χ1) is 17.1. The largest absolute Gasteiger partial charge is 0.350 e. The van der Waals surface area contributed by atoms with Crippen LogP contribution >= 0.6 is 0 Å². The number of unbranched alkanes of at least 4 members (excludes halogenated alkanes) is 1. The molecular weight excluding hydrogens is 434 g/mol. The molecule has 0 bridgehead atoms. The van der Waals surface area contributed by atoms with Gasteiger partial charge >= 0.3 is 0 Å². The van der Waals surface area contributed by atoms with Gasteiger partial charge in [-0.15, -0.1) is 0 Å².